The van der Waals surface area contributed by atoms with Crippen LogP contribution in [0.25, 0.3) is 0 Å². The Kier molecular flexibility index (Phi) is 10.4. The fourth-order valence-electron chi connectivity index (χ4n) is 2.43. The van der Waals surface area contributed by atoms with Gasteiger partial charge in [0.25, 0.3) is 0 Å². The molecule has 0 spiro atoms. The second-order valence-electron chi connectivity index (χ2n) is 5.66. The van der Waals surface area contributed by atoms with Crippen molar-refractivity contribution in [2.45, 2.75) is 19.9 Å². The second kappa shape index (κ2) is 11.8. The van der Waals surface area contributed by atoms with Crippen LogP contribution in [0.15, 0.2) is 48.5 Å². The van der Waals surface area contributed by atoms with E-state index in [-0.39, 0.29) is 5.91 Å². The SMILES string of the molecule is CCCN(C(=O)c1ccccc1)c1c[c-]cc(CN(C)C)c1.[Pd+][I]. The number of anilines is 1. The van der Waals surface area contributed by atoms with E-state index < -0.39 is 0 Å². The summed E-state index contributed by atoms with van der Waals surface area (Å²) in [7, 11) is 4.07. The molecular weight excluding hydrogens is 506 g/mol. The third kappa shape index (κ3) is 6.64. The van der Waals surface area contributed by atoms with Gasteiger partial charge >= 0.3 is 35.1 Å². The van der Waals surface area contributed by atoms with Crippen molar-refractivity contribution in [2.24, 2.45) is 0 Å². The van der Waals surface area contributed by atoms with Gasteiger partial charge in [0, 0.05) is 12.1 Å². The number of benzene rings is 2. The molecule has 2 rings (SSSR count). The Morgan fingerprint density at radius 2 is 1.83 bits per heavy atom. The first-order valence-electron chi connectivity index (χ1n) is 7.75. The standard InChI is InChI=1S/C19H23N2O.HI.Pd/c1-4-13-21(19(22)17-10-6-5-7-11-17)18-12-8-9-16(14-18)15-20(2)3;;/h5-7,9-12,14H,4,13,15H2,1-3H3;1H;/q-1;;+2/p-1. The molecule has 0 saturated carbocycles. The molecule has 0 aromatic heterocycles. The first-order chi connectivity index (χ1) is 11.6. The Hall–Kier alpha value is -0.738. The first-order valence-corrected chi connectivity index (χ1v) is 12.4. The van der Waals surface area contributed by atoms with Crippen LogP contribution in [0.5, 0.6) is 0 Å². The van der Waals surface area contributed by atoms with Gasteiger partial charge in [0.1, 0.15) is 0 Å². The van der Waals surface area contributed by atoms with Gasteiger partial charge < -0.3 is 9.80 Å². The van der Waals surface area contributed by atoms with Crippen molar-refractivity contribution in [1.29, 1.82) is 0 Å². The average molecular weight is 529 g/mol. The Bertz CT molecular complexity index is 620. The quantitative estimate of drug-likeness (QED) is 0.314. The molecule has 0 atom stereocenters. The van der Waals surface area contributed by atoms with Crippen molar-refractivity contribution in [3.63, 3.8) is 0 Å². The fraction of sp³-hybridized carbons (Fsp3) is 0.316. The van der Waals surface area contributed by atoms with Gasteiger partial charge in [-0.1, -0.05) is 30.8 Å². The van der Waals surface area contributed by atoms with Gasteiger partial charge in [-0.3, -0.25) is 4.79 Å². The number of nitrogens with zero attached hydrogens (tertiary/aromatic N) is 2. The average Bonchev–Trinajstić information content (AvgIpc) is 2.61. The zero-order valence-corrected chi connectivity index (χ0v) is 17.9. The second-order valence-corrected chi connectivity index (χ2v) is 5.66. The molecule has 0 saturated heterocycles. The predicted octanol–water partition coefficient (Wildman–Crippen LogP) is 4.49. The van der Waals surface area contributed by atoms with Crippen LogP contribution in [-0.4, -0.2) is 31.4 Å². The summed E-state index contributed by atoms with van der Waals surface area (Å²) < 4.78 is 0. The van der Waals surface area contributed by atoms with Gasteiger partial charge in [0.15, 0.2) is 0 Å². The normalized spacial score (nSPS) is 10.1. The van der Waals surface area contributed by atoms with Crippen LogP contribution in [0.2, 0.25) is 0 Å². The summed E-state index contributed by atoms with van der Waals surface area (Å²) in [5.74, 6) is 0.0397. The molecule has 1 amide bonds. The van der Waals surface area contributed by atoms with Gasteiger partial charge in [-0.2, -0.15) is 18.2 Å². The van der Waals surface area contributed by atoms with E-state index in [1.54, 1.807) is 0 Å². The Labute approximate surface area is 166 Å². The molecule has 132 valence electrons. The summed E-state index contributed by atoms with van der Waals surface area (Å²) in [5.41, 5.74) is 2.79. The Morgan fingerprint density at radius 3 is 2.42 bits per heavy atom. The van der Waals surface area contributed by atoms with E-state index in [1.807, 2.05) is 81.0 Å². The van der Waals surface area contributed by atoms with Gasteiger partial charge in [-0.05, 0) is 39.2 Å². The summed E-state index contributed by atoms with van der Waals surface area (Å²) in [4.78, 5) is 16.7. The van der Waals surface area contributed by atoms with Crippen molar-refractivity contribution in [2.75, 3.05) is 25.5 Å². The van der Waals surface area contributed by atoms with Crippen molar-refractivity contribution < 1.29 is 20.4 Å². The molecule has 2 aromatic rings. The van der Waals surface area contributed by atoms with Crippen LogP contribution in [0.3, 0.4) is 0 Å². The molecule has 0 aliphatic carbocycles. The fourth-order valence-corrected chi connectivity index (χ4v) is 2.43. The maximum absolute atomic E-state index is 12.8. The van der Waals surface area contributed by atoms with E-state index in [4.69, 9.17) is 0 Å². The summed E-state index contributed by atoms with van der Waals surface area (Å²) >= 11 is 4.72. The van der Waals surface area contributed by atoms with Crippen molar-refractivity contribution >= 4 is 31.1 Å². The monoisotopic (exact) mass is 528 g/mol. The molecule has 0 aliphatic heterocycles. The molecular formula is C19H23IN2OPd. The van der Waals surface area contributed by atoms with Crippen LogP contribution in [0.1, 0.15) is 29.3 Å². The van der Waals surface area contributed by atoms with Crippen LogP contribution < -0.4 is 4.90 Å². The summed E-state index contributed by atoms with van der Waals surface area (Å²) in [5, 5.41) is 0. The van der Waals surface area contributed by atoms with Crippen LogP contribution in [0, 0.1) is 6.07 Å². The van der Waals surface area contributed by atoms with E-state index >= 15 is 0 Å². The Balaban J connectivity index is 0.00000139. The zero-order chi connectivity index (χ0) is 17.9. The summed E-state index contributed by atoms with van der Waals surface area (Å²) in [6.45, 7) is 3.62. The van der Waals surface area contributed by atoms with E-state index in [0.717, 1.165) is 24.2 Å². The summed E-state index contributed by atoms with van der Waals surface area (Å²) in [6.07, 6.45) is 0.913. The van der Waals surface area contributed by atoms with Crippen LogP contribution in [-0.2, 0) is 22.1 Å². The molecule has 5 heteroatoms. The minimum absolute atomic E-state index is 0.0397. The van der Waals surface area contributed by atoms with Crippen LogP contribution >= 0.6 is 19.5 Å². The first kappa shape index (κ1) is 21.3. The predicted molar refractivity (Wildman–Crippen MR) is 105 cm³/mol. The van der Waals surface area contributed by atoms with E-state index in [2.05, 4.69) is 39.5 Å². The number of hydrogen-bond acceptors (Lipinski definition) is 2. The molecule has 0 heterocycles. The molecule has 0 radical (unpaired) electrons. The van der Waals surface area contributed by atoms with E-state index in [9.17, 15) is 4.79 Å². The van der Waals surface area contributed by atoms with Gasteiger partial charge in [0.05, 0.1) is 0 Å². The number of carbonyl (C=O) groups is 1. The van der Waals surface area contributed by atoms with Crippen molar-refractivity contribution in [3.8, 4) is 0 Å². The molecule has 24 heavy (non-hydrogen) atoms. The van der Waals surface area contributed by atoms with Gasteiger partial charge in [-0.25, -0.2) is 0 Å². The van der Waals surface area contributed by atoms with E-state index in [0.29, 0.717) is 12.1 Å². The Morgan fingerprint density at radius 1 is 1.17 bits per heavy atom. The third-order valence-electron chi connectivity index (χ3n) is 3.36. The zero-order valence-electron chi connectivity index (χ0n) is 14.2. The van der Waals surface area contributed by atoms with Gasteiger partial charge in [-0.15, -0.1) is 11.6 Å². The number of hydrogen-bond donors (Lipinski definition) is 0. The number of halogens is 1. The number of carbonyl (C=O) groups excluding carboxylic acids is 1. The van der Waals surface area contributed by atoms with Gasteiger partial charge in [0.2, 0.25) is 5.91 Å². The summed E-state index contributed by atoms with van der Waals surface area (Å²) in [6, 6.07) is 18.5. The van der Waals surface area contributed by atoms with Crippen molar-refractivity contribution in [1.82, 2.24) is 4.90 Å². The molecule has 3 nitrogen and oxygen atoms in total. The molecule has 0 unspecified atom stereocenters. The maximum atomic E-state index is 12.8. The van der Waals surface area contributed by atoms with E-state index in [1.165, 1.54) is 0 Å². The molecule has 0 fully saturated rings. The molecule has 0 aliphatic rings. The minimum atomic E-state index is 0.0397. The number of amides is 1. The van der Waals surface area contributed by atoms with Crippen molar-refractivity contribution in [3.05, 3.63) is 65.7 Å². The molecule has 0 bridgehead atoms. The molecule has 0 N–H and O–H groups in total. The molecule has 2 aromatic carbocycles. The van der Waals surface area contributed by atoms with Crippen LogP contribution in [0.4, 0.5) is 5.69 Å². The number of rotatable bonds is 6. The third-order valence-corrected chi connectivity index (χ3v) is 3.36. The topological polar surface area (TPSA) is 23.6 Å².